The third-order valence-electron chi connectivity index (χ3n) is 3.44. The van der Waals surface area contributed by atoms with Gasteiger partial charge in [-0.1, -0.05) is 27.7 Å². The Balaban J connectivity index is 0.000000730. The summed E-state index contributed by atoms with van der Waals surface area (Å²) in [6, 6.07) is 7.78. The highest BCUT2D eigenvalue weighted by Gasteiger charge is 2.23. The molecule has 0 amide bonds. The number of nitrogens with zero attached hydrogens (tertiary/aromatic N) is 1. The van der Waals surface area contributed by atoms with E-state index in [1.54, 1.807) is 6.92 Å². The number of hydrogen-bond donors (Lipinski definition) is 1. The minimum Gasteiger partial charge on any atom is -0.490 e. The lowest BCUT2D eigenvalue weighted by molar-refractivity contribution is 0.0518. The Morgan fingerprint density at radius 1 is 1.16 bits per heavy atom. The van der Waals surface area contributed by atoms with Gasteiger partial charge >= 0.3 is 5.97 Å². The number of carbonyl (C=O) groups excluding carboxylic acids is 1. The zero-order valence-electron chi connectivity index (χ0n) is 16.2. The Kier molecular flexibility index (Phi) is 8.75. The van der Waals surface area contributed by atoms with Gasteiger partial charge in [0.15, 0.2) is 0 Å². The molecule has 1 aliphatic rings. The van der Waals surface area contributed by atoms with Crippen LogP contribution in [0.3, 0.4) is 0 Å². The van der Waals surface area contributed by atoms with Gasteiger partial charge in [0.25, 0.3) is 0 Å². The number of hydrogen-bond acceptors (Lipinski definition) is 4. The molecule has 25 heavy (non-hydrogen) atoms. The number of ether oxygens (including phenoxy) is 2. The van der Waals surface area contributed by atoms with Gasteiger partial charge in [-0.3, -0.25) is 5.10 Å². The number of esters is 1. The van der Waals surface area contributed by atoms with E-state index in [0.29, 0.717) is 18.4 Å². The highest BCUT2D eigenvalue weighted by molar-refractivity contribution is 5.91. The van der Waals surface area contributed by atoms with Gasteiger partial charge in [-0.05, 0) is 51.0 Å². The van der Waals surface area contributed by atoms with Crippen molar-refractivity contribution in [2.45, 2.75) is 60.5 Å². The van der Waals surface area contributed by atoms with Gasteiger partial charge in [0.2, 0.25) is 0 Å². The Labute approximate surface area is 150 Å². The highest BCUT2D eigenvalue weighted by atomic mass is 16.5. The summed E-state index contributed by atoms with van der Waals surface area (Å²) in [5.74, 6) is 0.502. The summed E-state index contributed by atoms with van der Waals surface area (Å²) in [4.78, 5) is 11.8. The highest BCUT2D eigenvalue weighted by Crippen LogP contribution is 2.29. The van der Waals surface area contributed by atoms with Crippen molar-refractivity contribution in [3.63, 3.8) is 0 Å². The lowest BCUT2D eigenvalue weighted by Crippen LogP contribution is -2.06. The van der Waals surface area contributed by atoms with Crippen molar-refractivity contribution in [1.29, 1.82) is 0 Å². The second kappa shape index (κ2) is 10.5. The molecule has 5 nitrogen and oxygen atoms in total. The molecule has 0 radical (unpaired) electrons. The van der Waals surface area contributed by atoms with Crippen LogP contribution in [0.15, 0.2) is 24.3 Å². The molecule has 3 rings (SSSR count). The summed E-state index contributed by atoms with van der Waals surface area (Å²) >= 11 is 0. The molecule has 1 N–H and O–H groups in total. The number of nitrogens with one attached hydrogen (secondary N) is 1. The molecule has 5 heteroatoms. The predicted molar refractivity (Wildman–Crippen MR) is 101 cm³/mol. The summed E-state index contributed by atoms with van der Waals surface area (Å²) in [6.45, 7) is 12.0. The van der Waals surface area contributed by atoms with E-state index in [1.165, 1.54) is 0 Å². The first kappa shape index (κ1) is 20.7. The van der Waals surface area contributed by atoms with Crippen molar-refractivity contribution < 1.29 is 14.3 Å². The first-order valence-electron chi connectivity index (χ1n) is 9.18. The van der Waals surface area contributed by atoms with Crippen molar-refractivity contribution in [3.05, 3.63) is 35.5 Å². The zero-order chi connectivity index (χ0) is 18.8. The number of carbonyl (C=O) groups is 1. The third-order valence-corrected chi connectivity index (χ3v) is 3.44. The summed E-state index contributed by atoms with van der Waals surface area (Å²) < 4.78 is 10.7. The van der Waals surface area contributed by atoms with Crippen LogP contribution in [0.4, 0.5) is 0 Å². The van der Waals surface area contributed by atoms with Crippen LogP contribution in [0.1, 0.15) is 63.5 Å². The number of benzene rings is 1. The van der Waals surface area contributed by atoms with E-state index in [0.717, 1.165) is 35.4 Å². The van der Waals surface area contributed by atoms with Crippen molar-refractivity contribution in [2.75, 3.05) is 6.61 Å². The van der Waals surface area contributed by atoms with Crippen LogP contribution in [0, 0.1) is 6.92 Å². The van der Waals surface area contributed by atoms with E-state index in [-0.39, 0.29) is 5.97 Å². The molecule has 1 fully saturated rings. The average molecular weight is 346 g/mol. The first-order valence-corrected chi connectivity index (χ1v) is 9.18. The standard InChI is InChI=1S/C16H18N2O3.2C2H6/c1-3-20-16(19)15-10(2)14(17-18-15)11-4-6-12(7-5-11)21-13-8-9-13;2*1-2/h4-7,13H,3,8-9H2,1-2H3,(H,17,18);2*1-2H3. The van der Waals surface area contributed by atoms with E-state index in [1.807, 2.05) is 58.9 Å². The fourth-order valence-corrected chi connectivity index (χ4v) is 2.15. The smallest absolute Gasteiger partial charge is 0.356 e. The average Bonchev–Trinajstić information content (AvgIpc) is 3.39. The number of aromatic amines is 1. The van der Waals surface area contributed by atoms with Crippen LogP contribution in [0.2, 0.25) is 0 Å². The maximum absolute atomic E-state index is 11.8. The normalized spacial score (nSPS) is 12.2. The van der Waals surface area contributed by atoms with Gasteiger partial charge in [0, 0.05) is 11.1 Å². The topological polar surface area (TPSA) is 64.2 Å². The molecule has 1 heterocycles. The molecule has 0 bridgehead atoms. The fourth-order valence-electron chi connectivity index (χ4n) is 2.15. The van der Waals surface area contributed by atoms with E-state index in [9.17, 15) is 4.79 Å². The second-order valence-electron chi connectivity index (χ2n) is 5.13. The molecule has 0 saturated heterocycles. The van der Waals surface area contributed by atoms with Gasteiger partial charge < -0.3 is 9.47 Å². The molecule has 0 unspecified atom stereocenters. The molecule has 0 aliphatic heterocycles. The van der Waals surface area contributed by atoms with Gasteiger partial charge in [0.05, 0.1) is 18.4 Å². The van der Waals surface area contributed by atoms with Crippen molar-refractivity contribution in [2.24, 2.45) is 0 Å². The number of rotatable bonds is 5. The van der Waals surface area contributed by atoms with Gasteiger partial charge in [0.1, 0.15) is 11.4 Å². The zero-order valence-corrected chi connectivity index (χ0v) is 16.2. The van der Waals surface area contributed by atoms with Gasteiger partial charge in [-0.25, -0.2) is 4.79 Å². The third kappa shape index (κ3) is 5.62. The minimum absolute atomic E-state index is 0.347. The maximum atomic E-state index is 11.8. The van der Waals surface area contributed by atoms with E-state index >= 15 is 0 Å². The van der Waals surface area contributed by atoms with E-state index in [2.05, 4.69) is 10.2 Å². The number of H-pyrrole nitrogens is 1. The molecule has 1 aliphatic carbocycles. The maximum Gasteiger partial charge on any atom is 0.356 e. The molecule has 0 spiro atoms. The second-order valence-corrected chi connectivity index (χ2v) is 5.13. The van der Waals surface area contributed by atoms with Crippen molar-refractivity contribution >= 4 is 5.97 Å². The summed E-state index contributed by atoms with van der Waals surface area (Å²) in [7, 11) is 0. The Hall–Kier alpha value is -2.30. The lowest BCUT2D eigenvalue weighted by atomic mass is 10.1. The van der Waals surface area contributed by atoms with Gasteiger partial charge in [-0.15, -0.1) is 0 Å². The number of aromatic nitrogens is 2. The lowest BCUT2D eigenvalue weighted by Gasteiger charge is -2.05. The molecule has 1 saturated carbocycles. The predicted octanol–water partition coefficient (Wildman–Crippen LogP) is 5.16. The minimum atomic E-state index is -0.373. The monoisotopic (exact) mass is 346 g/mol. The molecule has 1 aromatic carbocycles. The van der Waals surface area contributed by atoms with Crippen LogP contribution in [-0.4, -0.2) is 28.9 Å². The Morgan fingerprint density at radius 3 is 2.28 bits per heavy atom. The van der Waals surface area contributed by atoms with E-state index < -0.39 is 0 Å². The van der Waals surface area contributed by atoms with Gasteiger partial charge in [-0.2, -0.15) is 5.10 Å². The first-order chi connectivity index (χ1) is 12.2. The van der Waals surface area contributed by atoms with Crippen molar-refractivity contribution in [3.8, 4) is 17.0 Å². The molecular formula is C20H30N2O3. The molecule has 0 atom stereocenters. The largest absolute Gasteiger partial charge is 0.490 e. The molecule has 2 aromatic rings. The van der Waals surface area contributed by atoms with Crippen LogP contribution in [0.25, 0.3) is 11.3 Å². The van der Waals surface area contributed by atoms with Crippen LogP contribution < -0.4 is 4.74 Å². The van der Waals surface area contributed by atoms with Crippen LogP contribution >= 0.6 is 0 Å². The van der Waals surface area contributed by atoms with Crippen LogP contribution in [-0.2, 0) is 4.74 Å². The summed E-state index contributed by atoms with van der Waals surface area (Å²) in [6.07, 6.45) is 2.67. The molecular weight excluding hydrogens is 316 g/mol. The Bertz CT molecular complexity index is 643. The molecule has 1 aromatic heterocycles. The molecule has 138 valence electrons. The SMILES string of the molecule is CC.CC.CCOC(=O)c1[nH]nc(-c2ccc(OC3CC3)cc2)c1C. The van der Waals surface area contributed by atoms with Crippen LogP contribution in [0.5, 0.6) is 5.75 Å². The van der Waals surface area contributed by atoms with E-state index in [4.69, 9.17) is 9.47 Å². The summed E-state index contributed by atoms with van der Waals surface area (Å²) in [5.41, 5.74) is 2.91. The quantitative estimate of drug-likeness (QED) is 0.760. The fraction of sp³-hybridized carbons (Fsp3) is 0.500. The Morgan fingerprint density at radius 2 is 1.76 bits per heavy atom. The summed E-state index contributed by atoms with van der Waals surface area (Å²) in [5, 5.41) is 6.98. The van der Waals surface area contributed by atoms with Crippen molar-refractivity contribution in [1.82, 2.24) is 10.2 Å².